The Morgan fingerprint density at radius 2 is 1.85 bits per heavy atom. The van der Waals surface area contributed by atoms with E-state index in [1.165, 1.54) is 4.90 Å². The largest absolute Gasteiger partial charge is 0.763 e. The van der Waals surface area contributed by atoms with Crippen LogP contribution in [0.4, 0.5) is 0 Å². The smallest absolute Gasteiger partial charge is 0.264 e. The molecule has 1 aliphatic rings. The zero-order chi connectivity index (χ0) is 19.5. The van der Waals surface area contributed by atoms with Gasteiger partial charge in [0, 0.05) is 12.1 Å². The van der Waals surface area contributed by atoms with Crippen LogP contribution in [0.1, 0.15) is 39.7 Å². The lowest BCUT2D eigenvalue weighted by Crippen LogP contribution is -2.52. The summed E-state index contributed by atoms with van der Waals surface area (Å²) in [6, 6.07) is 9.56. The van der Waals surface area contributed by atoms with E-state index in [9.17, 15) is 19.8 Å². The number of Topliss-reactive ketones (excluding diaryl/α,β-unsaturated/α-hetero) is 1. The van der Waals surface area contributed by atoms with Crippen molar-refractivity contribution in [3.63, 3.8) is 0 Å². The number of hydrogen-bond acceptors (Lipinski definition) is 3. The average molecular weight is 354 g/mol. The zero-order valence-corrected chi connectivity index (χ0v) is 15.6. The molecule has 0 aromatic heterocycles. The molecule has 0 spiro atoms. The minimum atomic E-state index is -1.34. The van der Waals surface area contributed by atoms with Crippen molar-refractivity contribution in [2.45, 2.75) is 51.6 Å². The van der Waals surface area contributed by atoms with Gasteiger partial charge in [-0.25, -0.2) is 0 Å². The van der Waals surface area contributed by atoms with E-state index >= 15 is 0 Å². The Bertz CT molecular complexity index is 773. The summed E-state index contributed by atoms with van der Waals surface area (Å²) in [7, 11) is 0. The van der Waals surface area contributed by atoms with Crippen molar-refractivity contribution in [1.29, 1.82) is 0 Å². The number of nitrogens with zero attached hydrogens (tertiary/aromatic N) is 2. The van der Waals surface area contributed by atoms with Crippen molar-refractivity contribution < 1.29 is 14.4 Å². The molecule has 1 aromatic rings. The van der Waals surface area contributed by atoms with E-state index in [2.05, 4.69) is 5.32 Å². The topological polar surface area (TPSA) is 88.8 Å². The molecule has 1 aliphatic heterocycles. The number of rotatable bonds is 5. The van der Waals surface area contributed by atoms with Gasteiger partial charge in [0.15, 0.2) is 5.78 Å². The molecule has 2 amide bonds. The van der Waals surface area contributed by atoms with Gasteiger partial charge in [-0.1, -0.05) is 30.3 Å². The second-order valence-electron chi connectivity index (χ2n) is 7.76. The lowest BCUT2D eigenvalue weighted by molar-refractivity contribution is -0.136. The van der Waals surface area contributed by atoms with Crippen LogP contribution in [0, 0.1) is 0 Å². The van der Waals surface area contributed by atoms with Crippen molar-refractivity contribution in [2.24, 2.45) is 0 Å². The Morgan fingerprint density at radius 3 is 2.38 bits per heavy atom. The maximum atomic E-state index is 12.7. The summed E-state index contributed by atoms with van der Waals surface area (Å²) in [5.74, 6) is 0.205. The fourth-order valence-electron chi connectivity index (χ4n) is 3.13. The Balaban J connectivity index is 2.26. The summed E-state index contributed by atoms with van der Waals surface area (Å²) >= 11 is 0. The van der Waals surface area contributed by atoms with Gasteiger partial charge in [-0.15, -0.1) is 0 Å². The number of benzene rings is 1. The van der Waals surface area contributed by atoms with Crippen molar-refractivity contribution >= 4 is 23.5 Å². The Morgan fingerprint density at radius 1 is 1.23 bits per heavy atom. The first-order valence-corrected chi connectivity index (χ1v) is 8.57. The fourth-order valence-corrected chi connectivity index (χ4v) is 3.13. The summed E-state index contributed by atoms with van der Waals surface area (Å²) < 4.78 is 0. The highest BCUT2D eigenvalue weighted by molar-refractivity contribution is 6.33. The molecule has 138 valence electrons. The second-order valence-corrected chi connectivity index (χ2v) is 7.76. The Kier molecular flexibility index (Phi) is 5.47. The monoisotopic (exact) mass is 354 g/mol. The summed E-state index contributed by atoms with van der Waals surface area (Å²) in [6.07, 6.45) is 0.365. The number of ketones is 1. The Labute approximate surface area is 153 Å². The fraction of sp³-hybridized carbons (Fsp3) is 0.450. The summed E-state index contributed by atoms with van der Waals surface area (Å²) in [4.78, 5) is 39.0. The molecular formula is C20H24N3O3-. The first kappa shape index (κ1) is 19.6. The maximum Gasteiger partial charge on any atom is 0.264 e. The lowest BCUT2D eigenvalue weighted by atomic mass is 9.90. The minimum Gasteiger partial charge on any atom is -0.763 e. The standard InChI is InChI=1S/C20H24N3O3/c1-19(2,3)22-16(24)12-20(4)17(25)15(13-21)18(26)23(20)11-10-14-8-6-5-7-9-14/h5-9H,10-12H2,1-4H3,(H,22,24)/q-1. The molecule has 1 atom stereocenters. The average Bonchev–Trinajstić information content (AvgIpc) is 2.71. The van der Waals surface area contributed by atoms with Gasteiger partial charge in [0.1, 0.15) is 11.1 Å². The summed E-state index contributed by atoms with van der Waals surface area (Å²) in [6.45, 7) is 7.35. The van der Waals surface area contributed by atoms with E-state index < -0.39 is 28.3 Å². The normalized spacial score (nSPS) is 20.3. The third-order valence-corrected chi connectivity index (χ3v) is 4.37. The summed E-state index contributed by atoms with van der Waals surface area (Å²) in [5, 5.41) is 12.0. The highest BCUT2D eigenvalue weighted by atomic mass is 16.2. The number of nitrogens with one attached hydrogen (secondary N) is 1. The molecule has 1 fully saturated rings. The molecule has 1 N–H and O–H groups in total. The van der Waals surface area contributed by atoms with Crippen LogP contribution in [0.15, 0.2) is 35.9 Å². The Hall–Kier alpha value is -2.72. The number of carbonyl (C=O) groups is 3. The first-order chi connectivity index (χ1) is 12.1. The molecule has 2 rings (SSSR count). The van der Waals surface area contributed by atoms with Crippen LogP contribution >= 0.6 is 0 Å². The van der Waals surface area contributed by atoms with E-state index in [-0.39, 0.29) is 18.9 Å². The molecule has 1 saturated heterocycles. The van der Waals surface area contributed by atoms with Gasteiger partial charge in [-0.05, 0) is 39.7 Å². The van der Waals surface area contributed by atoms with Crippen LogP contribution in [0.25, 0.3) is 5.41 Å². The van der Waals surface area contributed by atoms with Crippen molar-refractivity contribution in [3.05, 3.63) is 46.9 Å². The van der Waals surface area contributed by atoms with Crippen LogP contribution in [-0.2, 0) is 20.8 Å². The summed E-state index contributed by atoms with van der Waals surface area (Å²) in [5.41, 5.74) is -1.18. The second kappa shape index (κ2) is 7.26. The minimum absolute atomic E-state index is 0.172. The van der Waals surface area contributed by atoms with E-state index in [0.717, 1.165) is 5.56 Å². The molecule has 6 nitrogen and oxygen atoms in total. The van der Waals surface area contributed by atoms with E-state index in [1.54, 1.807) is 12.8 Å². The highest BCUT2D eigenvalue weighted by Gasteiger charge is 2.52. The van der Waals surface area contributed by atoms with Crippen LogP contribution in [0.5, 0.6) is 0 Å². The van der Waals surface area contributed by atoms with Crippen LogP contribution < -0.4 is 5.32 Å². The quantitative estimate of drug-likeness (QED) is 0.497. The van der Waals surface area contributed by atoms with E-state index in [4.69, 9.17) is 0 Å². The van der Waals surface area contributed by atoms with E-state index in [1.807, 2.05) is 51.1 Å². The molecule has 1 aromatic carbocycles. The molecule has 0 bridgehead atoms. The molecule has 0 aliphatic carbocycles. The van der Waals surface area contributed by atoms with Gasteiger partial charge in [-0.2, -0.15) is 0 Å². The number of carbonyl (C=O) groups excluding carboxylic acids is 3. The molecule has 26 heavy (non-hydrogen) atoms. The molecule has 6 heteroatoms. The molecule has 1 heterocycles. The van der Waals surface area contributed by atoms with Gasteiger partial charge < -0.3 is 15.6 Å². The molecule has 0 saturated carbocycles. The van der Waals surface area contributed by atoms with Crippen LogP contribution in [0.2, 0.25) is 0 Å². The third kappa shape index (κ3) is 4.09. The predicted molar refractivity (Wildman–Crippen MR) is 99.7 cm³/mol. The van der Waals surface area contributed by atoms with Gasteiger partial charge in [0.25, 0.3) is 5.91 Å². The van der Waals surface area contributed by atoms with E-state index in [0.29, 0.717) is 6.42 Å². The number of likely N-dealkylation sites (tertiary alicyclic amines) is 1. The zero-order valence-electron chi connectivity index (χ0n) is 15.6. The SMILES string of the molecule is CC(C)(C)NC(=O)CC1(C)C(=O)C(=C=[N-])C(=O)N1CCc1ccccc1. The van der Waals surface area contributed by atoms with Crippen LogP contribution in [-0.4, -0.2) is 46.0 Å². The number of hydrogen-bond donors (Lipinski definition) is 1. The molecule has 1 unspecified atom stereocenters. The maximum absolute atomic E-state index is 12.7. The third-order valence-electron chi connectivity index (χ3n) is 4.37. The molecular weight excluding hydrogens is 330 g/mol. The molecule has 0 radical (unpaired) electrons. The van der Waals surface area contributed by atoms with Gasteiger partial charge >= 0.3 is 0 Å². The van der Waals surface area contributed by atoms with Gasteiger partial charge in [0.2, 0.25) is 5.91 Å². The lowest BCUT2D eigenvalue weighted by Gasteiger charge is -2.34. The van der Waals surface area contributed by atoms with Crippen molar-refractivity contribution in [3.8, 4) is 0 Å². The predicted octanol–water partition coefficient (Wildman–Crippen LogP) is 1.87. The highest BCUT2D eigenvalue weighted by Crippen LogP contribution is 2.32. The number of amides is 2. The van der Waals surface area contributed by atoms with Crippen molar-refractivity contribution in [1.82, 2.24) is 10.2 Å². The first-order valence-electron chi connectivity index (χ1n) is 8.57. The van der Waals surface area contributed by atoms with Crippen LogP contribution in [0.3, 0.4) is 0 Å². The van der Waals surface area contributed by atoms with Gasteiger partial charge in [0.05, 0.1) is 6.42 Å². The van der Waals surface area contributed by atoms with Gasteiger partial charge in [-0.3, -0.25) is 20.3 Å². The van der Waals surface area contributed by atoms with Crippen molar-refractivity contribution in [2.75, 3.05) is 6.54 Å².